The summed E-state index contributed by atoms with van der Waals surface area (Å²) >= 11 is 5.88. The van der Waals surface area contributed by atoms with E-state index in [0.717, 1.165) is 19.4 Å². The first kappa shape index (κ1) is 15.3. The van der Waals surface area contributed by atoms with Gasteiger partial charge in [-0.2, -0.15) is 0 Å². The van der Waals surface area contributed by atoms with E-state index >= 15 is 0 Å². The number of aromatic nitrogens is 2. The molecule has 0 atom stereocenters. The summed E-state index contributed by atoms with van der Waals surface area (Å²) in [7, 11) is 0. The van der Waals surface area contributed by atoms with Crippen molar-refractivity contribution in [2.24, 2.45) is 0 Å². The Balaban J connectivity index is 2.03. The van der Waals surface area contributed by atoms with Gasteiger partial charge in [-0.25, -0.2) is 9.97 Å². The zero-order valence-corrected chi connectivity index (χ0v) is 12.5. The van der Waals surface area contributed by atoms with Gasteiger partial charge in [0, 0.05) is 23.5 Å². The minimum Gasteiger partial charge on any atom is -0.354 e. The third-order valence-electron chi connectivity index (χ3n) is 2.78. The lowest BCUT2D eigenvalue weighted by atomic mass is 10.3. The number of hydrogen-bond donors (Lipinski definition) is 2. The van der Waals surface area contributed by atoms with E-state index in [2.05, 4.69) is 27.5 Å². The Labute approximate surface area is 128 Å². The second-order valence-corrected chi connectivity index (χ2v) is 4.95. The van der Waals surface area contributed by atoms with Crippen LogP contribution in [0.5, 0.6) is 0 Å². The van der Waals surface area contributed by atoms with Crippen LogP contribution in [0.25, 0.3) is 0 Å². The zero-order chi connectivity index (χ0) is 15.1. The maximum atomic E-state index is 12.1. The standard InChI is InChI=1S/C15H17ClN4O/c1-2-3-8-17-15-18-9-7-13(20-15)14(21)19-12-6-4-5-11(16)10-12/h4-7,9-10H,2-3,8H2,1H3,(H,19,21)(H,17,18,20). The number of hydrogen-bond acceptors (Lipinski definition) is 4. The van der Waals surface area contributed by atoms with E-state index in [-0.39, 0.29) is 5.91 Å². The maximum absolute atomic E-state index is 12.1. The molecule has 0 bridgehead atoms. The molecule has 21 heavy (non-hydrogen) atoms. The van der Waals surface area contributed by atoms with Gasteiger partial charge in [0.25, 0.3) is 5.91 Å². The lowest BCUT2D eigenvalue weighted by molar-refractivity contribution is 0.102. The van der Waals surface area contributed by atoms with Gasteiger partial charge >= 0.3 is 0 Å². The number of carbonyl (C=O) groups is 1. The van der Waals surface area contributed by atoms with Gasteiger partial charge < -0.3 is 10.6 Å². The van der Waals surface area contributed by atoms with E-state index in [9.17, 15) is 4.79 Å². The summed E-state index contributed by atoms with van der Waals surface area (Å²) in [6.45, 7) is 2.90. The Morgan fingerprint density at radius 2 is 2.19 bits per heavy atom. The summed E-state index contributed by atoms with van der Waals surface area (Å²) in [4.78, 5) is 20.4. The molecule has 2 rings (SSSR count). The van der Waals surface area contributed by atoms with Crippen LogP contribution >= 0.6 is 11.6 Å². The molecule has 0 saturated carbocycles. The summed E-state index contributed by atoms with van der Waals surface area (Å²) in [5.41, 5.74) is 0.940. The van der Waals surface area contributed by atoms with Crippen LogP contribution in [-0.4, -0.2) is 22.4 Å². The Morgan fingerprint density at radius 3 is 2.95 bits per heavy atom. The molecule has 0 unspecified atom stereocenters. The van der Waals surface area contributed by atoms with E-state index in [1.807, 2.05) is 0 Å². The number of nitrogens with zero attached hydrogens (tertiary/aromatic N) is 2. The van der Waals surface area contributed by atoms with E-state index in [0.29, 0.717) is 22.4 Å². The molecule has 110 valence electrons. The number of rotatable bonds is 6. The van der Waals surface area contributed by atoms with Crippen LogP contribution in [0.4, 0.5) is 11.6 Å². The molecule has 0 radical (unpaired) electrons. The molecule has 0 saturated heterocycles. The molecule has 1 heterocycles. The predicted molar refractivity (Wildman–Crippen MR) is 84.8 cm³/mol. The van der Waals surface area contributed by atoms with Gasteiger partial charge in [-0.3, -0.25) is 4.79 Å². The Bertz CT molecular complexity index is 618. The van der Waals surface area contributed by atoms with Crippen molar-refractivity contribution in [3.05, 3.63) is 47.2 Å². The number of nitrogens with one attached hydrogen (secondary N) is 2. The second-order valence-electron chi connectivity index (χ2n) is 4.51. The Morgan fingerprint density at radius 1 is 1.33 bits per heavy atom. The summed E-state index contributed by atoms with van der Waals surface area (Å²) < 4.78 is 0. The largest absolute Gasteiger partial charge is 0.354 e. The van der Waals surface area contributed by atoms with Crippen molar-refractivity contribution in [1.82, 2.24) is 9.97 Å². The van der Waals surface area contributed by atoms with Gasteiger partial charge in [-0.15, -0.1) is 0 Å². The lowest BCUT2D eigenvalue weighted by Gasteiger charge is -2.07. The predicted octanol–water partition coefficient (Wildman–Crippen LogP) is 3.59. The van der Waals surface area contributed by atoms with E-state index in [1.54, 1.807) is 36.5 Å². The van der Waals surface area contributed by atoms with Crippen LogP contribution in [0.1, 0.15) is 30.3 Å². The minimum atomic E-state index is -0.293. The fraction of sp³-hybridized carbons (Fsp3) is 0.267. The number of unbranched alkanes of at least 4 members (excludes halogenated alkanes) is 1. The maximum Gasteiger partial charge on any atom is 0.274 e. The van der Waals surface area contributed by atoms with E-state index in [4.69, 9.17) is 11.6 Å². The minimum absolute atomic E-state index is 0.293. The topological polar surface area (TPSA) is 66.9 Å². The molecule has 1 amide bonds. The van der Waals surface area contributed by atoms with Crippen molar-refractivity contribution >= 4 is 29.1 Å². The first-order valence-electron chi connectivity index (χ1n) is 6.83. The first-order chi connectivity index (χ1) is 10.2. The molecule has 0 aliphatic carbocycles. The van der Waals surface area contributed by atoms with Crippen LogP contribution in [0.2, 0.25) is 5.02 Å². The van der Waals surface area contributed by atoms with Gasteiger partial charge in [-0.05, 0) is 30.7 Å². The van der Waals surface area contributed by atoms with Crippen molar-refractivity contribution in [1.29, 1.82) is 0 Å². The third kappa shape index (κ3) is 4.72. The average molecular weight is 305 g/mol. The Kier molecular flexibility index (Phi) is 5.51. The third-order valence-corrected chi connectivity index (χ3v) is 3.02. The number of carbonyl (C=O) groups excluding carboxylic acids is 1. The molecular formula is C15H17ClN4O. The lowest BCUT2D eigenvalue weighted by Crippen LogP contribution is -2.15. The van der Waals surface area contributed by atoms with Crippen LogP contribution < -0.4 is 10.6 Å². The fourth-order valence-corrected chi connectivity index (χ4v) is 1.90. The van der Waals surface area contributed by atoms with Crippen molar-refractivity contribution < 1.29 is 4.79 Å². The van der Waals surface area contributed by atoms with Gasteiger partial charge in [0.1, 0.15) is 5.69 Å². The highest BCUT2D eigenvalue weighted by Crippen LogP contribution is 2.15. The molecule has 2 aromatic rings. The SMILES string of the molecule is CCCCNc1nccc(C(=O)Nc2cccc(Cl)c2)n1. The van der Waals surface area contributed by atoms with Crippen molar-refractivity contribution in [2.75, 3.05) is 17.2 Å². The molecule has 1 aromatic carbocycles. The summed E-state index contributed by atoms with van der Waals surface area (Å²) in [6, 6.07) is 8.55. The molecule has 5 nitrogen and oxygen atoms in total. The van der Waals surface area contributed by atoms with Crippen LogP contribution in [0.3, 0.4) is 0 Å². The Hall–Kier alpha value is -2.14. The van der Waals surface area contributed by atoms with Gasteiger partial charge in [0.15, 0.2) is 0 Å². The highest BCUT2D eigenvalue weighted by atomic mass is 35.5. The number of amides is 1. The zero-order valence-electron chi connectivity index (χ0n) is 11.8. The highest BCUT2D eigenvalue weighted by Gasteiger charge is 2.09. The monoisotopic (exact) mass is 304 g/mol. The molecule has 1 aromatic heterocycles. The average Bonchev–Trinajstić information content (AvgIpc) is 2.48. The fourth-order valence-electron chi connectivity index (χ4n) is 1.71. The van der Waals surface area contributed by atoms with Crippen LogP contribution in [0, 0.1) is 0 Å². The molecule has 0 aliphatic rings. The second kappa shape index (κ2) is 7.59. The smallest absolute Gasteiger partial charge is 0.274 e. The normalized spacial score (nSPS) is 10.2. The molecule has 0 aliphatic heterocycles. The van der Waals surface area contributed by atoms with Crippen molar-refractivity contribution in [3.8, 4) is 0 Å². The van der Waals surface area contributed by atoms with Gasteiger partial charge in [0.05, 0.1) is 0 Å². The molecular weight excluding hydrogens is 288 g/mol. The number of anilines is 2. The van der Waals surface area contributed by atoms with Crippen LogP contribution in [0.15, 0.2) is 36.5 Å². The number of benzene rings is 1. The highest BCUT2D eigenvalue weighted by molar-refractivity contribution is 6.30. The van der Waals surface area contributed by atoms with Gasteiger partial charge in [0.2, 0.25) is 5.95 Å². The quantitative estimate of drug-likeness (QED) is 0.800. The molecule has 0 spiro atoms. The number of halogens is 1. The summed E-state index contributed by atoms with van der Waals surface area (Å²) in [5, 5.41) is 6.41. The van der Waals surface area contributed by atoms with Crippen LogP contribution in [-0.2, 0) is 0 Å². The van der Waals surface area contributed by atoms with E-state index < -0.39 is 0 Å². The van der Waals surface area contributed by atoms with E-state index in [1.165, 1.54) is 0 Å². The first-order valence-corrected chi connectivity index (χ1v) is 7.20. The van der Waals surface area contributed by atoms with Crippen molar-refractivity contribution in [3.63, 3.8) is 0 Å². The molecule has 0 fully saturated rings. The molecule has 6 heteroatoms. The van der Waals surface area contributed by atoms with Crippen molar-refractivity contribution in [2.45, 2.75) is 19.8 Å². The van der Waals surface area contributed by atoms with Gasteiger partial charge in [-0.1, -0.05) is 31.0 Å². The summed E-state index contributed by atoms with van der Waals surface area (Å²) in [5.74, 6) is 0.167. The summed E-state index contributed by atoms with van der Waals surface area (Å²) in [6.07, 6.45) is 3.68. The molecule has 2 N–H and O–H groups in total.